The SMILES string of the molecule is CCC(C)C1OC1C. The van der Waals surface area contributed by atoms with Crippen LogP contribution in [0.1, 0.15) is 27.2 Å². The van der Waals surface area contributed by atoms with Gasteiger partial charge in [-0.15, -0.1) is 0 Å². The average Bonchev–Trinajstić information content (AvgIpc) is 2.45. The molecule has 1 aliphatic heterocycles. The Morgan fingerprint density at radius 1 is 1.62 bits per heavy atom. The molecular weight excluding hydrogens is 100 g/mol. The highest BCUT2D eigenvalue weighted by molar-refractivity contribution is 4.84. The monoisotopic (exact) mass is 114 g/mol. The molecule has 0 amide bonds. The van der Waals surface area contributed by atoms with Gasteiger partial charge in [0.05, 0.1) is 12.2 Å². The zero-order chi connectivity index (χ0) is 6.15. The largest absolute Gasteiger partial charge is 0.370 e. The van der Waals surface area contributed by atoms with Crippen LogP contribution in [-0.2, 0) is 4.74 Å². The van der Waals surface area contributed by atoms with Crippen molar-refractivity contribution in [3.05, 3.63) is 0 Å². The quantitative estimate of drug-likeness (QED) is 0.499. The minimum Gasteiger partial charge on any atom is -0.370 e. The first-order chi connectivity index (χ1) is 3.75. The van der Waals surface area contributed by atoms with Gasteiger partial charge in [0.25, 0.3) is 0 Å². The van der Waals surface area contributed by atoms with Crippen molar-refractivity contribution < 1.29 is 4.74 Å². The van der Waals surface area contributed by atoms with Gasteiger partial charge in [-0.3, -0.25) is 0 Å². The highest BCUT2D eigenvalue weighted by atomic mass is 16.6. The molecule has 1 heterocycles. The Hall–Kier alpha value is -0.0400. The van der Waals surface area contributed by atoms with E-state index >= 15 is 0 Å². The summed E-state index contributed by atoms with van der Waals surface area (Å²) in [6, 6.07) is 0. The van der Waals surface area contributed by atoms with Crippen molar-refractivity contribution >= 4 is 0 Å². The normalized spacial score (nSPS) is 39.4. The predicted molar refractivity (Wildman–Crippen MR) is 33.8 cm³/mol. The van der Waals surface area contributed by atoms with E-state index in [9.17, 15) is 0 Å². The lowest BCUT2D eigenvalue weighted by atomic mass is 10.0. The Morgan fingerprint density at radius 2 is 2.12 bits per heavy atom. The molecule has 0 aromatic rings. The molecule has 1 fully saturated rings. The maximum atomic E-state index is 5.27. The van der Waals surface area contributed by atoms with Gasteiger partial charge in [-0.05, 0) is 12.8 Å². The predicted octanol–water partition coefficient (Wildman–Crippen LogP) is 1.82. The molecule has 0 spiro atoms. The standard InChI is InChI=1S/C7H14O/c1-4-5(2)7-6(3)8-7/h5-7H,4H2,1-3H3. The lowest BCUT2D eigenvalue weighted by Crippen LogP contribution is -2.02. The van der Waals surface area contributed by atoms with Gasteiger partial charge >= 0.3 is 0 Å². The van der Waals surface area contributed by atoms with Crippen molar-refractivity contribution in [2.24, 2.45) is 5.92 Å². The van der Waals surface area contributed by atoms with E-state index in [0.29, 0.717) is 12.2 Å². The van der Waals surface area contributed by atoms with Crippen molar-refractivity contribution in [2.45, 2.75) is 39.4 Å². The van der Waals surface area contributed by atoms with Crippen LogP contribution < -0.4 is 0 Å². The van der Waals surface area contributed by atoms with E-state index in [2.05, 4.69) is 20.8 Å². The molecule has 1 heteroatoms. The first-order valence-electron chi connectivity index (χ1n) is 3.41. The van der Waals surface area contributed by atoms with Crippen molar-refractivity contribution in [3.63, 3.8) is 0 Å². The van der Waals surface area contributed by atoms with Crippen molar-refractivity contribution in [3.8, 4) is 0 Å². The minimum absolute atomic E-state index is 0.546. The summed E-state index contributed by atoms with van der Waals surface area (Å²) in [6.07, 6.45) is 2.37. The van der Waals surface area contributed by atoms with E-state index in [-0.39, 0.29) is 0 Å². The van der Waals surface area contributed by atoms with Gasteiger partial charge in [0, 0.05) is 0 Å². The summed E-state index contributed by atoms with van der Waals surface area (Å²) in [5, 5.41) is 0. The maximum Gasteiger partial charge on any atom is 0.0864 e. The van der Waals surface area contributed by atoms with Crippen LogP contribution in [0.2, 0.25) is 0 Å². The van der Waals surface area contributed by atoms with E-state index in [0.717, 1.165) is 5.92 Å². The van der Waals surface area contributed by atoms with Gasteiger partial charge in [-0.1, -0.05) is 20.3 Å². The summed E-state index contributed by atoms with van der Waals surface area (Å²) in [4.78, 5) is 0. The summed E-state index contributed by atoms with van der Waals surface area (Å²) < 4.78 is 5.27. The molecule has 0 N–H and O–H groups in total. The van der Waals surface area contributed by atoms with Crippen LogP contribution in [0, 0.1) is 5.92 Å². The van der Waals surface area contributed by atoms with Gasteiger partial charge in [-0.2, -0.15) is 0 Å². The van der Waals surface area contributed by atoms with E-state index in [1.165, 1.54) is 6.42 Å². The number of hydrogen-bond donors (Lipinski definition) is 0. The van der Waals surface area contributed by atoms with Gasteiger partial charge in [0.1, 0.15) is 0 Å². The minimum atomic E-state index is 0.546. The summed E-state index contributed by atoms with van der Waals surface area (Å²) in [7, 11) is 0. The Kier molecular flexibility index (Phi) is 1.57. The molecule has 1 saturated heterocycles. The van der Waals surface area contributed by atoms with Crippen LogP contribution in [0.3, 0.4) is 0 Å². The van der Waals surface area contributed by atoms with Crippen molar-refractivity contribution in [1.29, 1.82) is 0 Å². The number of rotatable bonds is 2. The summed E-state index contributed by atoms with van der Waals surface area (Å²) in [5.74, 6) is 0.769. The fraction of sp³-hybridized carbons (Fsp3) is 1.00. The number of epoxide rings is 1. The van der Waals surface area contributed by atoms with Gasteiger partial charge in [0.2, 0.25) is 0 Å². The lowest BCUT2D eigenvalue weighted by Gasteiger charge is -1.99. The molecule has 8 heavy (non-hydrogen) atoms. The molecule has 0 radical (unpaired) electrons. The molecule has 1 aliphatic rings. The molecule has 0 aliphatic carbocycles. The molecule has 0 aromatic heterocycles. The number of hydrogen-bond acceptors (Lipinski definition) is 1. The second-order valence-electron chi connectivity index (χ2n) is 2.69. The zero-order valence-electron chi connectivity index (χ0n) is 5.85. The van der Waals surface area contributed by atoms with Crippen LogP contribution in [0.25, 0.3) is 0 Å². The van der Waals surface area contributed by atoms with Crippen LogP contribution in [0.4, 0.5) is 0 Å². The molecule has 0 aromatic carbocycles. The topological polar surface area (TPSA) is 12.5 Å². The molecule has 0 bridgehead atoms. The Bertz CT molecular complexity index is 78.5. The Morgan fingerprint density at radius 3 is 2.25 bits per heavy atom. The van der Waals surface area contributed by atoms with Crippen LogP contribution in [-0.4, -0.2) is 12.2 Å². The van der Waals surface area contributed by atoms with Gasteiger partial charge in [0.15, 0.2) is 0 Å². The molecule has 3 atom stereocenters. The molecule has 1 nitrogen and oxygen atoms in total. The fourth-order valence-electron chi connectivity index (χ4n) is 1.03. The Balaban J connectivity index is 2.18. The van der Waals surface area contributed by atoms with Gasteiger partial charge < -0.3 is 4.74 Å². The van der Waals surface area contributed by atoms with Crippen molar-refractivity contribution in [2.75, 3.05) is 0 Å². The van der Waals surface area contributed by atoms with Gasteiger partial charge in [-0.25, -0.2) is 0 Å². The second kappa shape index (κ2) is 2.06. The highest BCUT2D eigenvalue weighted by Gasteiger charge is 2.37. The Labute approximate surface area is 51.0 Å². The third-order valence-electron chi connectivity index (χ3n) is 1.96. The third-order valence-corrected chi connectivity index (χ3v) is 1.96. The average molecular weight is 114 g/mol. The smallest absolute Gasteiger partial charge is 0.0864 e. The van der Waals surface area contributed by atoms with Crippen LogP contribution >= 0.6 is 0 Å². The molecule has 0 saturated carbocycles. The maximum absolute atomic E-state index is 5.27. The van der Waals surface area contributed by atoms with Crippen LogP contribution in [0.15, 0.2) is 0 Å². The molecule has 48 valence electrons. The first-order valence-corrected chi connectivity index (χ1v) is 3.41. The summed E-state index contributed by atoms with van der Waals surface area (Å²) in [6.45, 7) is 6.59. The third kappa shape index (κ3) is 1.03. The number of ether oxygens (including phenoxy) is 1. The van der Waals surface area contributed by atoms with Crippen LogP contribution in [0.5, 0.6) is 0 Å². The van der Waals surface area contributed by atoms with E-state index in [1.807, 2.05) is 0 Å². The molecular formula is C7H14O. The summed E-state index contributed by atoms with van der Waals surface area (Å²) in [5.41, 5.74) is 0. The zero-order valence-corrected chi connectivity index (χ0v) is 5.85. The van der Waals surface area contributed by atoms with Crippen molar-refractivity contribution in [1.82, 2.24) is 0 Å². The molecule has 3 unspecified atom stereocenters. The highest BCUT2D eigenvalue weighted by Crippen LogP contribution is 2.30. The van der Waals surface area contributed by atoms with E-state index in [1.54, 1.807) is 0 Å². The summed E-state index contributed by atoms with van der Waals surface area (Å²) >= 11 is 0. The van der Waals surface area contributed by atoms with E-state index in [4.69, 9.17) is 4.74 Å². The molecule has 1 rings (SSSR count). The first kappa shape index (κ1) is 6.09. The lowest BCUT2D eigenvalue weighted by molar-refractivity contribution is 0.325. The van der Waals surface area contributed by atoms with E-state index < -0.39 is 0 Å². The fourth-order valence-corrected chi connectivity index (χ4v) is 1.03. The second-order valence-corrected chi connectivity index (χ2v) is 2.69.